The van der Waals surface area contributed by atoms with Gasteiger partial charge in [0.1, 0.15) is 0 Å². The van der Waals surface area contributed by atoms with Gasteiger partial charge in [0, 0.05) is 13.2 Å². The van der Waals surface area contributed by atoms with Gasteiger partial charge in [0.2, 0.25) is 0 Å². The third-order valence-corrected chi connectivity index (χ3v) is 3.85. The molecule has 0 spiro atoms. The predicted molar refractivity (Wildman–Crippen MR) is 91.7 cm³/mol. The molecule has 0 aliphatic heterocycles. The van der Waals surface area contributed by atoms with Crippen LogP contribution < -0.4 is 5.73 Å². The van der Waals surface area contributed by atoms with Crippen molar-refractivity contribution in [3.05, 3.63) is 0 Å². The van der Waals surface area contributed by atoms with E-state index in [1.807, 2.05) is 6.92 Å². The van der Waals surface area contributed by atoms with E-state index in [1.54, 1.807) is 0 Å². The van der Waals surface area contributed by atoms with Crippen LogP contribution in [0.15, 0.2) is 0 Å². The van der Waals surface area contributed by atoms with Gasteiger partial charge in [-0.25, -0.2) is 0 Å². The molecule has 2 atom stereocenters. The highest BCUT2D eigenvalue weighted by molar-refractivity contribution is 4.54. The molecule has 0 aliphatic rings. The summed E-state index contributed by atoms with van der Waals surface area (Å²) in [5.74, 6) is 0. The highest BCUT2D eigenvalue weighted by atomic mass is 16.5. The highest BCUT2D eigenvalue weighted by Crippen LogP contribution is 2.10. The lowest BCUT2D eigenvalue weighted by atomic mass is 10.1. The molecule has 0 radical (unpaired) electrons. The molecule has 0 aromatic carbocycles. The second-order valence-electron chi connectivity index (χ2n) is 6.24. The number of hydrogen-bond acceptors (Lipinski definition) is 3. The van der Waals surface area contributed by atoms with Gasteiger partial charge in [0.15, 0.2) is 0 Å². The van der Waals surface area contributed by atoms with Crippen molar-refractivity contribution < 1.29 is 9.47 Å². The Kier molecular flexibility index (Phi) is 16.2. The third-order valence-electron chi connectivity index (χ3n) is 3.85. The molecule has 0 heterocycles. The van der Waals surface area contributed by atoms with E-state index in [0.717, 1.165) is 6.61 Å². The van der Waals surface area contributed by atoms with E-state index in [4.69, 9.17) is 15.2 Å². The molecule has 3 nitrogen and oxygen atoms in total. The minimum Gasteiger partial charge on any atom is -0.376 e. The van der Waals surface area contributed by atoms with Crippen molar-refractivity contribution in [2.24, 2.45) is 5.73 Å². The minimum absolute atomic E-state index is 0.133. The number of ether oxygens (including phenoxy) is 2. The van der Waals surface area contributed by atoms with Crippen LogP contribution in [-0.2, 0) is 9.47 Å². The number of hydrogen-bond donors (Lipinski definition) is 1. The molecule has 2 N–H and O–H groups in total. The molecule has 0 aliphatic carbocycles. The van der Waals surface area contributed by atoms with Crippen molar-refractivity contribution >= 4 is 0 Å². The molecule has 0 rings (SSSR count). The van der Waals surface area contributed by atoms with Crippen LogP contribution in [-0.4, -0.2) is 32.0 Å². The first-order valence-electron chi connectivity index (χ1n) is 9.14. The first kappa shape index (κ1) is 20.9. The Labute approximate surface area is 133 Å². The van der Waals surface area contributed by atoms with Crippen LogP contribution in [0, 0.1) is 0 Å². The third kappa shape index (κ3) is 16.1. The first-order chi connectivity index (χ1) is 10.2. The van der Waals surface area contributed by atoms with E-state index in [1.165, 1.54) is 64.2 Å². The van der Waals surface area contributed by atoms with Gasteiger partial charge in [-0.3, -0.25) is 0 Å². The normalized spacial score (nSPS) is 14.3. The van der Waals surface area contributed by atoms with Crippen molar-refractivity contribution in [3.8, 4) is 0 Å². The molecule has 0 bridgehead atoms. The largest absolute Gasteiger partial charge is 0.376 e. The molecule has 0 saturated carbocycles. The van der Waals surface area contributed by atoms with Gasteiger partial charge in [-0.05, 0) is 20.3 Å². The smallest absolute Gasteiger partial charge is 0.0780 e. The average Bonchev–Trinajstić information content (AvgIpc) is 2.50. The average molecular weight is 302 g/mol. The summed E-state index contributed by atoms with van der Waals surface area (Å²) < 4.78 is 11.3. The van der Waals surface area contributed by atoms with Gasteiger partial charge in [0.25, 0.3) is 0 Å². The lowest BCUT2D eigenvalue weighted by Gasteiger charge is -2.16. The van der Waals surface area contributed by atoms with Gasteiger partial charge < -0.3 is 15.2 Å². The molecule has 0 fully saturated rings. The summed E-state index contributed by atoms with van der Waals surface area (Å²) in [6.07, 6.45) is 13.9. The van der Waals surface area contributed by atoms with Crippen molar-refractivity contribution in [2.45, 2.75) is 97.2 Å². The zero-order valence-corrected chi connectivity index (χ0v) is 14.7. The molecule has 128 valence electrons. The van der Waals surface area contributed by atoms with Crippen molar-refractivity contribution in [2.75, 3.05) is 19.8 Å². The summed E-state index contributed by atoms with van der Waals surface area (Å²) in [6.45, 7) is 8.42. The van der Waals surface area contributed by atoms with Gasteiger partial charge in [-0.1, -0.05) is 64.7 Å². The molecule has 2 unspecified atom stereocenters. The van der Waals surface area contributed by atoms with Crippen LogP contribution in [0.2, 0.25) is 0 Å². The Hall–Kier alpha value is -0.120. The second-order valence-corrected chi connectivity index (χ2v) is 6.24. The van der Waals surface area contributed by atoms with Crippen molar-refractivity contribution in [3.63, 3.8) is 0 Å². The van der Waals surface area contributed by atoms with Gasteiger partial charge in [0.05, 0.1) is 18.8 Å². The summed E-state index contributed by atoms with van der Waals surface area (Å²) in [7, 11) is 0. The van der Waals surface area contributed by atoms with Crippen LogP contribution in [0.25, 0.3) is 0 Å². The Balaban J connectivity index is 3.14. The lowest BCUT2D eigenvalue weighted by molar-refractivity contribution is -0.0296. The highest BCUT2D eigenvalue weighted by Gasteiger charge is 2.05. The Morgan fingerprint density at radius 3 is 1.76 bits per heavy atom. The van der Waals surface area contributed by atoms with Gasteiger partial charge in [-0.15, -0.1) is 0 Å². The summed E-state index contributed by atoms with van der Waals surface area (Å²) in [6, 6.07) is 0. The Morgan fingerprint density at radius 1 is 0.714 bits per heavy atom. The predicted octanol–water partition coefficient (Wildman–Crippen LogP) is 4.68. The topological polar surface area (TPSA) is 44.5 Å². The van der Waals surface area contributed by atoms with E-state index >= 15 is 0 Å². The number of rotatable bonds is 16. The first-order valence-corrected chi connectivity index (χ1v) is 9.14. The second kappa shape index (κ2) is 16.3. The molecule has 0 aromatic rings. The quantitative estimate of drug-likeness (QED) is 0.421. The molecule has 21 heavy (non-hydrogen) atoms. The van der Waals surface area contributed by atoms with E-state index in [0.29, 0.717) is 13.2 Å². The van der Waals surface area contributed by atoms with Crippen LogP contribution in [0.1, 0.15) is 85.0 Å². The Morgan fingerprint density at radius 2 is 1.24 bits per heavy atom. The summed E-state index contributed by atoms with van der Waals surface area (Å²) >= 11 is 0. The number of unbranched alkanes of at least 4 members (excludes halogenated alkanes) is 9. The van der Waals surface area contributed by atoms with Gasteiger partial charge >= 0.3 is 0 Å². The molecule has 3 heteroatoms. The Bertz CT molecular complexity index is 200. The maximum atomic E-state index is 5.74. The van der Waals surface area contributed by atoms with Crippen LogP contribution in [0.3, 0.4) is 0 Å². The van der Waals surface area contributed by atoms with Crippen molar-refractivity contribution in [1.29, 1.82) is 0 Å². The maximum absolute atomic E-state index is 5.74. The molecule has 0 amide bonds. The zero-order valence-electron chi connectivity index (χ0n) is 14.7. The summed E-state index contributed by atoms with van der Waals surface area (Å²) in [4.78, 5) is 0. The standard InChI is InChI=1S/C18H39NO2/c1-4-5-6-7-8-9-10-11-12-13-14-20-18(3)16-21-17(2)15-19/h17-18H,4-16,19H2,1-3H3. The monoisotopic (exact) mass is 301 g/mol. The van der Waals surface area contributed by atoms with Crippen molar-refractivity contribution in [1.82, 2.24) is 0 Å². The fourth-order valence-electron chi connectivity index (χ4n) is 2.29. The van der Waals surface area contributed by atoms with Crippen LogP contribution in [0.4, 0.5) is 0 Å². The minimum atomic E-state index is 0.133. The van der Waals surface area contributed by atoms with E-state index in [2.05, 4.69) is 13.8 Å². The summed E-state index contributed by atoms with van der Waals surface area (Å²) in [5.41, 5.74) is 5.51. The molecule has 0 aromatic heterocycles. The van der Waals surface area contributed by atoms with E-state index < -0.39 is 0 Å². The maximum Gasteiger partial charge on any atom is 0.0780 e. The van der Waals surface area contributed by atoms with Crippen LogP contribution in [0.5, 0.6) is 0 Å². The molecule has 0 saturated heterocycles. The van der Waals surface area contributed by atoms with Gasteiger partial charge in [-0.2, -0.15) is 0 Å². The van der Waals surface area contributed by atoms with E-state index in [9.17, 15) is 0 Å². The molecular formula is C18H39NO2. The lowest BCUT2D eigenvalue weighted by Crippen LogP contribution is -2.25. The molecular weight excluding hydrogens is 262 g/mol. The zero-order chi connectivity index (χ0) is 15.8. The van der Waals surface area contributed by atoms with Crippen LogP contribution >= 0.6 is 0 Å². The SMILES string of the molecule is CCCCCCCCCCCCOC(C)COC(C)CN. The van der Waals surface area contributed by atoms with E-state index in [-0.39, 0.29) is 12.2 Å². The fraction of sp³-hybridized carbons (Fsp3) is 1.00. The fourth-order valence-corrected chi connectivity index (χ4v) is 2.29. The summed E-state index contributed by atoms with van der Waals surface area (Å²) in [5, 5.41) is 0. The number of nitrogens with two attached hydrogens (primary N) is 1.